The second-order valence-electron chi connectivity index (χ2n) is 1.66. The van der Waals surface area contributed by atoms with Gasteiger partial charge in [0.2, 0.25) is 0 Å². The van der Waals surface area contributed by atoms with E-state index in [0.717, 1.165) is 5.56 Å². The van der Waals surface area contributed by atoms with Crippen LogP contribution in [0.4, 0.5) is 0 Å². The minimum Gasteiger partial charge on any atom is -0.813 e. The zero-order valence-corrected chi connectivity index (χ0v) is 9.46. The molecule has 0 bridgehead atoms. The van der Waals surface area contributed by atoms with Crippen LogP contribution in [0, 0.1) is 17.9 Å². The molecule has 0 fully saturated rings. The van der Waals surface area contributed by atoms with Crippen LogP contribution in [0.1, 0.15) is 12.5 Å². The Kier molecular flexibility index (Phi) is 6.75. The second-order valence-corrected chi connectivity index (χ2v) is 1.66. The van der Waals surface area contributed by atoms with Crippen molar-refractivity contribution in [3.05, 3.63) is 35.9 Å². The number of thiol groups is 1. The van der Waals surface area contributed by atoms with Crippen molar-refractivity contribution in [1.82, 2.24) is 0 Å². The average Bonchev–Trinajstić information content (AvgIpc) is 1.91. The standard InChI is InChI=1S/C9H7.Es.H2S/c1-2-6-9-7-4-3-5-8-9;;/h4-5,7-8H,1H3;;1H2/q-1;;/p-1. The summed E-state index contributed by atoms with van der Waals surface area (Å²) in [7, 11) is 0. The molecular formula is C9H8EsS-2. The van der Waals surface area contributed by atoms with E-state index in [4.69, 9.17) is 0 Å². The van der Waals surface area contributed by atoms with Crippen molar-refractivity contribution in [1.29, 1.82) is 0 Å². The van der Waals surface area contributed by atoms with Crippen LogP contribution in [-0.2, 0) is 13.5 Å². The summed E-state index contributed by atoms with van der Waals surface area (Å²) in [6.07, 6.45) is 0. The summed E-state index contributed by atoms with van der Waals surface area (Å²) in [6.45, 7) is 1.83. The summed E-state index contributed by atoms with van der Waals surface area (Å²) in [5.41, 5.74) is 1.05. The van der Waals surface area contributed by atoms with E-state index in [1.807, 2.05) is 31.2 Å². The number of hydrogen-bond acceptors (Lipinski definition) is 1. The molecule has 0 amide bonds. The fourth-order valence-electron chi connectivity index (χ4n) is 0.615. The Morgan fingerprint density at radius 1 is 1.27 bits per heavy atom. The van der Waals surface area contributed by atoms with Crippen LogP contribution in [0.3, 0.4) is 0 Å². The van der Waals surface area contributed by atoms with Gasteiger partial charge in [0.05, 0.1) is 0 Å². The first kappa shape index (κ1) is 11.9. The Labute approximate surface area is 68.7 Å². The number of rotatable bonds is 0. The first-order valence-electron chi connectivity index (χ1n) is 2.82. The monoisotopic (exact) mass is 400 g/mol. The van der Waals surface area contributed by atoms with E-state index in [9.17, 15) is 0 Å². The summed E-state index contributed by atoms with van der Waals surface area (Å²) in [4.78, 5) is 0. The topological polar surface area (TPSA) is 0 Å². The van der Waals surface area contributed by atoms with Gasteiger partial charge in [-0.3, -0.25) is 0 Å². The van der Waals surface area contributed by atoms with Crippen LogP contribution in [0.25, 0.3) is 0 Å². The quantitative estimate of drug-likeness (QED) is 0.276. The van der Waals surface area contributed by atoms with E-state index in [1.165, 1.54) is 0 Å². The SMILES string of the molecule is CC#Cc1cc[c-]cc1.[Es].[SH-]. The van der Waals surface area contributed by atoms with Gasteiger partial charge < -0.3 is 13.5 Å². The Balaban J connectivity index is 0. The maximum atomic E-state index is 2.94. The molecule has 1 rings (SSSR count). The van der Waals surface area contributed by atoms with Crippen LogP contribution in [-0.4, -0.2) is 0 Å². The van der Waals surface area contributed by atoms with Gasteiger partial charge in [0.25, 0.3) is 0 Å². The Bertz CT molecular complexity index is 233. The molecule has 0 saturated heterocycles. The van der Waals surface area contributed by atoms with Crippen LogP contribution in [0.15, 0.2) is 24.3 Å². The van der Waals surface area contributed by atoms with Gasteiger partial charge in [-0.1, -0.05) is 11.5 Å². The first-order chi connectivity index (χ1) is 4.43. The minimum atomic E-state index is 0. The van der Waals surface area contributed by atoms with Crippen molar-refractivity contribution < 1.29 is 0 Å². The molecule has 0 spiro atoms. The second kappa shape index (κ2) is 6.25. The van der Waals surface area contributed by atoms with Crippen molar-refractivity contribution in [2.75, 3.05) is 0 Å². The van der Waals surface area contributed by atoms with Gasteiger partial charge in [0, 0.05) is 0 Å². The Morgan fingerprint density at radius 3 is 2.27 bits per heavy atom. The van der Waals surface area contributed by atoms with Crippen LogP contribution >= 0.6 is 0 Å². The van der Waals surface area contributed by atoms with Gasteiger partial charge in [0.1, 0.15) is 0 Å². The molecule has 0 unspecified atom stereocenters. The fourth-order valence-corrected chi connectivity index (χ4v) is 0.615. The van der Waals surface area contributed by atoms with Crippen molar-refractivity contribution in [2.45, 2.75) is 6.92 Å². The Morgan fingerprint density at radius 2 is 1.82 bits per heavy atom. The van der Waals surface area contributed by atoms with E-state index < -0.39 is 0 Å². The van der Waals surface area contributed by atoms with E-state index in [2.05, 4.69) is 17.9 Å². The maximum Gasteiger partial charge on any atom is 0 e. The third-order valence-electron chi connectivity index (χ3n) is 0.988. The molecule has 0 atom stereocenters. The predicted octanol–water partition coefficient (Wildman–Crippen LogP) is 1.59. The fraction of sp³-hybridized carbons (Fsp3) is 0.111. The van der Waals surface area contributed by atoms with Crippen molar-refractivity contribution >= 4 is 13.5 Å². The van der Waals surface area contributed by atoms with E-state index in [1.54, 1.807) is 0 Å². The molecule has 1 aromatic carbocycles. The van der Waals surface area contributed by atoms with Gasteiger partial charge in [-0.15, -0.1) is 5.92 Å². The molecule has 1 radical (unpaired) electrons. The van der Waals surface area contributed by atoms with Crippen LogP contribution < -0.4 is 0 Å². The van der Waals surface area contributed by atoms with E-state index in [0.29, 0.717) is 0 Å². The summed E-state index contributed by atoms with van der Waals surface area (Å²) >= 11 is 0. The summed E-state index contributed by atoms with van der Waals surface area (Å²) in [5, 5.41) is 0. The molecule has 0 aliphatic rings. The normalized spacial score (nSPS) is 6.27. The molecule has 11 heavy (non-hydrogen) atoms. The molecule has 0 nitrogen and oxygen atoms in total. The van der Waals surface area contributed by atoms with Crippen LogP contribution in [0.2, 0.25) is 0 Å². The molecule has 1 aromatic rings. The van der Waals surface area contributed by atoms with Gasteiger partial charge in [0.15, 0.2) is 0 Å². The molecule has 0 saturated carbocycles. The molecule has 0 aromatic heterocycles. The number of benzene rings is 1. The summed E-state index contributed by atoms with van der Waals surface area (Å²) in [5.74, 6) is 5.76. The zero-order chi connectivity index (χ0) is 6.53. The smallest absolute Gasteiger partial charge is 0 e. The van der Waals surface area contributed by atoms with Crippen molar-refractivity contribution in [3.8, 4) is 11.8 Å². The third kappa shape index (κ3) is 3.66. The molecule has 2 heteroatoms. The summed E-state index contributed by atoms with van der Waals surface area (Å²) < 4.78 is 0. The maximum absolute atomic E-state index is 2.94. The average molecular weight is 400 g/mol. The van der Waals surface area contributed by atoms with Crippen molar-refractivity contribution in [3.63, 3.8) is 0 Å². The molecule has 0 heterocycles. The Hall–Kier alpha value is -1.87. The van der Waals surface area contributed by atoms with Gasteiger partial charge in [-0.2, -0.15) is 30.3 Å². The minimum absolute atomic E-state index is 0. The number of hydrogen-bond donors (Lipinski definition) is 0. The third-order valence-corrected chi connectivity index (χ3v) is 0.988. The van der Waals surface area contributed by atoms with Gasteiger partial charge in [-0.05, 0) is 6.92 Å². The van der Waals surface area contributed by atoms with E-state index >= 15 is 0 Å². The molecule has 63 valence electrons. The zero-order valence-electron chi connectivity index (χ0n) is 6.06. The molecule has 0 N–H and O–H groups in total. The summed E-state index contributed by atoms with van der Waals surface area (Å²) in [6, 6.07) is 10.5. The van der Waals surface area contributed by atoms with Gasteiger partial charge >= 0.3 is 0 Å². The van der Waals surface area contributed by atoms with E-state index in [-0.39, 0.29) is 13.5 Å². The first-order valence-corrected chi connectivity index (χ1v) is 2.82. The molecule has 0 aliphatic heterocycles. The van der Waals surface area contributed by atoms with Crippen LogP contribution in [0.5, 0.6) is 0 Å². The van der Waals surface area contributed by atoms with Gasteiger partial charge in [-0.25, -0.2) is 0 Å². The molecule has 0 aliphatic carbocycles. The molecular weight excluding hydrogens is 392 g/mol. The predicted molar refractivity (Wildman–Crippen MR) is 46.6 cm³/mol. The largest absolute Gasteiger partial charge is 0.813 e. The van der Waals surface area contributed by atoms with Crippen molar-refractivity contribution in [2.24, 2.45) is 0 Å².